The molecule has 1 aliphatic rings. The molecule has 1 aliphatic heterocycles. The van der Waals surface area contributed by atoms with Crippen LogP contribution in [0.1, 0.15) is 38.9 Å². The molecule has 1 unspecified atom stereocenters. The van der Waals surface area contributed by atoms with E-state index in [0.717, 1.165) is 21.2 Å². The van der Waals surface area contributed by atoms with E-state index in [1.807, 2.05) is 44.2 Å². The molecular weight excluding hydrogens is 446 g/mol. The molecule has 4 aromatic rings. The maximum atomic E-state index is 13.6. The maximum absolute atomic E-state index is 13.6. The third-order valence-corrected chi connectivity index (χ3v) is 5.97. The first-order chi connectivity index (χ1) is 14.5. The molecule has 0 N–H and O–H groups in total. The fourth-order valence-electron chi connectivity index (χ4n) is 3.81. The first-order valence-electron chi connectivity index (χ1n) is 9.39. The summed E-state index contributed by atoms with van der Waals surface area (Å²) in [4.78, 5) is 36.9. The standard InChI is InChI=1S/C23H16BrN3O3/c1-12-10-16-17(11-13(12)2)30-21-18(20(16)28)19(14-4-6-15(24)7-5-14)27(22(21)29)23-25-8-3-9-26-23/h3-11,19H,1-2H3. The molecule has 0 saturated carbocycles. The van der Waals surface area contributed by atoms with Gasteiger partial charge >= 0.3 is 0 Å². The number of hydrogen-bond acceptors (Lipinski definition) is 5. The van der Waals surface area contributed by atoms with E-state index in [-0.39, 0.29) is 17.1 Å². The first-order valence-corrected chi connectivity index (χ1v) is 10.2. The normalized spacial score (nSPS) is 15.6. The van der Waals surface area contributed by atoms with Crippen LogP contribution in [0.2, 0.25) is 0 Å². The van der Waals surface area contributed by atoms with Crippen molar-refractivity contribution in [3.8, 4) is 0 Å². The Morgan fingerprint density at radius 3 is 2.37 bits per heavy atom. The Balaban J connectivity index is 1.83. The molecule has 148 valence electrons. The van der Waals surface area contributed by atoms with Crippen LogP contribution in [0.3, 0.4) is 0 Å². The number of carbonyl (C=O) groups excluding carboxylic acids is 1. The van der Waals surface area contributed by atoms with Crippen LogP contribution in [0.25, 0.3) is 11.0 Å². The Bertz CT molecular complexity index is 1360. The highest BCUT2D eigenvalue weighted by molar-refractivity contribution is 9.10. The number of benzene rings is 2. The number of hydrogen-bond donors (Lipinski definition) is 0. The van der Waals surface area contributed by atoms with Crippen molar-refractivity contribution in [2.45, 2.75) is 19.9 Å². The third-order valence-electron chi connectivity index (χ3n) is 5.44. The van der Waals surface area contributed by atoms with Crippen molar-refractivity contribution in [3.63, 3.8) is 0 Å². The van der Waals surface area contributed by atoms with Crippen LogP contribution in [0.5, 0.6) is 0 Å². The molecule has 0 saturated heterocycles. The average Bonchev–Trinajstić information content (AvgIpc) is 3.04. The zero-order valence-corrected chi connectivity index (χ0v) is 17.8. The van der Waals surface area contributed by atoms with Crippen LogP contribution >= 0.6 is 15.9 Å². The van der Waals surface area contributed by atoms with E-state index < -0.39 is 11.9 Å². The molecular formula is C23H16BrN3O3. The van der Waals surface area contributed by atoms with E-state index in [4.69, 9.17) is 4.42 Å². The van der Waals surface area contributed by atoms with Gasteiger partial charge in [-0.15, -0.1) is 0 Å². The summed E-state index contributed by atoms with van der Waals surface area (Å²) in [6.07, 6.45) is 3.13. The predicted molar refractivity (Wildman–Crippen MR) is 117 cm³/mol. The summed E-state index contributed by atoms with van der Waals surface area (Å²) in [6, 6.07) is 12.1. The zero-order chi connectivity index (χ0) is 21.0. The lowest BCUT2D eigenvalue weighted by Crippen LogP contribution is -2.31. The van der Waals surface area contributed by atoms with Gasteiger partial charge in [0.25, 0.3) is 5.91 Å². The van der Waals surface area contributed by atoms with Crippen molar-refractivity contribution in [2.24, 2.45) is 0 Å². The SMILES string of the molecule is Cc1cc2oc3c(c(=O)c2cc1C)C(c1ccc(Br)cc1)N(c1ncccn1)C3=O. The summed E-state index contributed by atoms with van der Waals surface area (Å²) in [5.74, 6) is -0.171. The number of fused-ring (bicyclic) bond motifs is 2. The molecule has 2 aromatic carbocycles. The molecule has 1 amide bonds. The number of nitrogens with zero attached hydrogens (tertiary/aromatic N) is 3. The Morgan fingerprint density at radius 1 is 1.00 bits per heavy atom. The molecule has 0 spiro atoms. The number of aryl methyl sites for hydroxylation is 2. The minimum Gasteiger partial charge on any atom is -0.450 e. The number of rotatable bonds is 2. The minimum absolute atomic E-state index is 0.0381. The molecule has 0 aliphatic carbocycles. The van der Waals surface area contributed by atoms with Crippen LogP contribution in [0.4, 0.5) is 5.95 Å². The van der Waals surface area contributed by atoms with E-state index in [0.29, 0.717) is 16.5 Å². The topological polar surface area (TPSA) is 76.3 Å². The second-order valence-electron chi connectivity index (χ2n) is 7.28. The average molecular weight is 462 g/mol. The van der Waals surface area contributed by atoms with E-state index in [2.05, 4.69) is 25.9 Å². The lowest BCUT2D eigenvalue weighted by molar-refractivity contribution is 0.0969. The van der Waals surface area contributed by atoms with Crippen LogP contribution in [-0.4, -0.2) is 15.9 Å². The number of amides is 1. The van der Waals surface area contributed by atoms with Crippen LogP contribution in [0, 0.1) is 13.8 Å². The Hall–Kier alpha value is -3.32. The van der Waals surface area contributed by atoms with Gasteiger partial charge in [0, 0.05) is 16.9 Å². The van der Waals surface area contributed by atoms with Gasteiger partial charge in [0.2, 0.25) is 11.7 Å². The maximum Gasteiger partial charge on any atom is 0.297 e. The fourth-order valence-corrected chi connectivity index (χ4v) is 4.07. The number of anilines is 1. The number of halogens is 1. The van der Waals surface area contributed by atoms with Gasteiger partial charge < -0.3 is 4.42 Å². The van der Waals surface area contributed by atoms with Gasteiger partial charge in [-0.05, 0) is 60.9 Å². The summed E-state index contributed by atoms with van der Waals surface area (Å²) in [6.45, 7) is 3.89. The lowest BCUT2D eigenvalue weighted by atomic mass is 9.97. The summed E-state index contributed by atoms with van der Waals surface area (Å²) in [5, 5.41) is 0.461. The third kappa shape index (κ3) is 2.77. The molecule has 7 heteroatoms. The highest BCUT2D eigenvalue weighted by Crippen LogP contribution is 2.40. The molecule has 5 rings (SSSR count). The van der Waals surface area contributed by atoms with Crippen molar-refractivity contribution >= 4 is 38.8 Å². The number of carbonyl (C=O) groups is 1. The van der Waals surface area contributed by atoms with Gasteiger partial charge in [-0.1, -0.05) is 28.1 Å². The fraction of sp³-hybridized carbons (Fsp3) is 0.130. The molecule has 2 aromatic heterocycles. The Kier molecular flexibility index (Phi) is 4.29. The minimum atomic E-state index is -0.676. The largest absolute Gasteiger partial charge is 0.450 e. The van der Waals surface area contributed by atoms with Crippen molar-refractivity contribution in [1.82, 2.24) is 9.97 Å². The van der Waals surface area contributed by atoms with Crippen LogP contribution < -0.4 is 10.3 Å². The van der Waals surface area contributed by atoms with E-state index in [9.17, 15) is 9.59 Å². The Morgan fingerprint density at radius 2 is 1.67 bits per heavy atom. The Labute approximate surface area is 180 Å². The predicted octanol–water partition coefficient (Wildman–Crippen LogP) is 4.71. The highest BCUT2D eigenvalue weighted by atomic mass is 79.9. The summed E-state index contributed by atoms with van der Waals surface area (Å²) < 4.78 is 6.90. The summed E-state index contributed by atoms with van der Waals surface area (Å²) in [7, 11) is 0. The molecule has 3 heterocycles. The summed E-state index contributed by atoms with van der Waals surface area (Å²) in [5.41, 5.74) is 3.25. The van der Waals surface area contributed by atoms with E-state index >= 15 is 0 Å². The van der Waals surface area contributed by atoms with Crippen molar-refractivity contribution in [3.05, 3.63) is 97.6 Å². The van der Waals surface area contributed by atoms with Crippen molar-refractivity contribution in [1.29, 1.82) is 0 Å². The van der Waals surface area contributed by atoms with Crippen molar-refractivity contribution < 1.29 is 9.21 Å². The smallest absolute Gasteiger partial charge is 0.297 e. The zero-order valence-electron chi connectivity index (χ0n) is 16.2. The second-order valence-corrected chi connectivity index (χ2v) is 8.20. The monoisotopic (exact) mass is 461 g/mol. The van der Waals surface area contributed by atoms with Crippen LogP contribution in [-0.2, 0) is 0 Å². The molecule has 6 nitrogen and oxygen atoms in total. The van der Waals surface area contributed by atoms with Gasteiger partial charge in [0.15, 0.2) is 5.43 Å². The number of aromatic nitrogens is 2. The van der Waals surface area contributed by atoms with E-state index in [1.165, 1.54) is 4.90 Å². The molecule has 0 fully saturated rings. The van der Waals surface area contributed by atoms with Gasteiger partial charge in [0.05, 0.1) is 17.0 Å². The quantitative estimate of drug-likeness (QED) is 0.431. The molecule has 0 radical (unpaired) electrons. The van der Waals surface area contributed by atoms with Gasteiger partial charge in [-0.2, -0.15) is 0 Å². The second kappa shape index (κ2) is 6.88. The lowest BCUT2D eigenvalue weighted by Gasteiger charge is -2.23. The summed E-state index contributed by atoms with van der Waals surface area (Å²) >= 11 is 3.43. The molecule has 1 atom stereocenters. The van der Waals surface area contributed by atoms with Crippen LogP contribution in [0.15, 0.2) is 68.5 Å². The van der Waals surface area contributed by atoms with E-state index in [1.54, 1.807) is 24.5 Å². The van der Waals surface area contributed by atoms with Gasteiger partial charge in [0.1, 0.15) is 5.58 Å². The highest BCUT2D eigenvalue weighted by Gasteiger charge is 2.44. The van der Waals surface area contributed by atoms with Gasteiger partial charge in [-0.3, -0.25) is 14.5 Å². The van der Waals surface area contributed by atoms with Crippen molar-refractivity contribution in [2.75, 3.05) is 4.90 Å². The van der Waals surface area contributed by atoms with Gasteiger partial charge in [-0.25, -0.2) is 9.97 Å². The molecule has 0 bridgehead atoms. The molecule has 30 heavy (non-hydrogen) atoms. The first kappa shape index (κ1) is 18.7.